The van der Waals surface area contributed by atoms with E-state index in [1.54, 1.807) is 6.07 Å². The summed E-state index contributed by atoms with van der Waals surface area (Å²) >= 11 is 0. The van der Waals surface area contributed by atoms with Crippen LogP contribution in [0.5, 0.6) is 0 Å². The van der Waals surface area contributed by atoms with Crippen LogP contribution in [-0.2, 0) is 6.18 Å². The highest BCUT2D eigenvalue weighted by Gasteiger charge is 2.30. The molecule has 0 aliphatic carbocycles. The first kappa shape index (κ1) is 24.5. The van der Waals surface area contributed by atoms with Crippen molar-refractivity contribution >= 4 is 5.96 Å². The SMILES string of the molecule is CCNC(=NCCC(C)c1cccc(C(F)(F)F)c1)NCCN1CCCN(C)CC1. The second-order valence-electron chi connectivity index (χ2n) is 8.00. The van der Waals surface area contributed by atoms with E-state index in [0.29, 0.717) is 18.5 Å². The highest BCUT2D eigenvalue weighted by Crippen LogP contribution is 2.31. The van der Waals surface area contributed by atoms with Gasteiger partial charge in [-0.1, -0.05) is 25.1 Å². The minimum Gasteiger partial charge on any atom is -0.357 e. The number of benzene rings is 1. The van der Waals surface area contributed by atoms with Gasteiger partial charge >= 0.3 is 6.18 Å². The van der Waals surface area contributed by atoms with E-state index in [0.717, 1.165) is 57.8 Å². The predicted octanol–water partition coefficient (Wildman–Crippen LogP) is 3.39. The molecule has 1 saturated heterocycles. The fourth-order valence-electron chi connectivity index (χ4n) is 3.56. The van der Waals surface area contributed by atoms with E-state index in [-0.39, 0.29) is 5.92 Å². The molecule has 1 fully saturated rings. The highest BCUT2D eigenvalue weighted by molar-refractivity contribution is 5.79. The summed E-state index contributed by atoms with van der Waals surface area (Å²) in [5.74, 6) is 0.772. The fraction of sp³-hybridized carbons (Fsp3) is 0.682. The summed E-state index contributed by atoms with van der Waals surface area (Å²) in [5, 5.41) is 6.62. The third-order valence-electron chi connectivity index (χ3n) is 5.49. The Hall–Kier alpha value is -1.80. The topological polar surface area (TPSA) is 42.9 Å². The quantitative estimate of drug-likeness (QED) is 0.493. The number of aliphatic imine (C=N–C) groups is 1. The molecule has 0 bridgehead atoms. The number of halogens is 3. The molecule has 0 radical (unpaired) electrons. The summed E-state index contributed by atoms with van der Waals surface area (Å²) in [7, 11) is 2.16. The molecule has 1 aromatic carbocycles. The third-order valence-corrected chi connectivity index (χ3v) is 5.49. The number of rotatable bonds is 8. The predicted molar refractivity (Wildman–Crippen MR) is 117 cm³/mol. The van der Waals surface area contributed by atoms with Crippen LogP contribution in [0.4, 0.5) is 13.2 Å². The van der Waals surface area contributed by atoms with Crippen molar-refractivity contribution in [1.82, 2.24) is 20.4 Å². The molecule has 5 nitrogen and oxygen atoms in total. The minimum absolute atomic E-state index is 0.00742. The van der Waals surface area contributed by atoms with Gasteiger partial charge in [-0.05, 0) is 57.5 Å². The summed E-state index contributed by atoms with van der Waals surface area (Å²) in [6, 6.07) is 5.59. The van der Waals surface area contributed by atoms with Crippen LogP contribution in [0, 0.1) is 0 Å². The number of likely N-dealkylation sites (N-methyl/N-ethyl adjacent to an activating group) is 1. The lowest BCUT2D eigenvalue weighted by Crippen LogP contribution is -2.42. The third kappa shape index (κ3) is 8.52. The van der Waals surface area contributed by atoms with E-state index in [9.17, 15) is 13.2 Å². The van der Waals surface area contributed by atoms with Gasteiger partial charge in [0, 0.05) is 39.3 Å². The first-order valence-corrected chi connectivity index (χ1v) is 10.9. The Bertz CT molecular complexity index is 662. The van der Waals surface area contributed by atoms with Crippen LogP contribution in [0.25, 0.3) is 0 Å². The van der Waals surface area contributed by atoms with E-state index in [1.165, 1.54) is 18.6 Å². The first-order valence-electron chi connectivity index (χ1n) is 10.9. The van der Waals surface area contributed by atoms with Crippen LogP contribution in [0.2, 0.25) is 0 Å². The van der Waals surface area contributed by atoms with Crippen molar-refractivity contribution in [3.05, 3.63) is 35.4 Å². The average Bonchev–Trinajstić information content (AvgIpc) is 2.91. The largest absolute Gasteiger partial charge is 0.416 e. The number of nitrogens with zero attached hydrogens (tertiary/aromatic N) is 3. The van der Waals surface area contributed by atoms with Crippen molar-refractivity contribution in [3.63, 3.8) is 0 Å². The van der Waals surface area contributed by atoms with Gasteiger partial charge in [-0.15, -0.1) is 0 Å². The van der Waals surface area contributed by atoms with Crippen molar-refractivity contribution in [2.24, 2.45) is 4.99 Å². The Labute approximate surface area is 178 Å². The molecular formula is C22H36F3N5. The van der Waals surface area contributed by atoms with E-state index in [2.05, 4.69) is 32.5 Å². The standard InChI is InChI=1S/C22H36F3N5/c1-4-26-21(28-11-14-30-13-6-12-29(3)15-16-30)27-10-9-18(2)19-7-5-8-20(17-19)22(23,24)25/h5,7-8,17-18H,4,6,9-16H2,1-3H3,(H2,26,27,28). The molecule has 1 aliphatic heterocycles. The van der Waals surface area contributed by atoms with Gasteiger partial charge in [0.25, 0.3) is 0 Å². The van der Waals surface area contributed by atoms with E-state index < -0.39 is 11.7 Å². The number of guanidine groups is 1. The summed E-state index contributed by atoms with van der Waals surface area (Å²) in [6.07, 6.45) is -2.42. The van der Waals surface area contributed by atoms with Crippen molar-refractivity contribution in [1.29, 1.82) is 0 Å². The van der Waals surface area contributed by atoms with Gasteiger partial charge in [0.2, 0.25) is 0 Å². The Balaban J connectivity index is 1.81. The molecule has 170 valence electrons. The van der Waals surface area contributed by atoms with E-state index in [1.807, 2.05) is 13.8 Å². The monoisotopic (exact) mass is 427 g/mol. The van der Waals surface area contributed by atoms with Crippen molar-refractivity contribution in [2.75, 3.05) is 59.4 Å². The molecule has 30 heavy (non-hydrogen) atoms. The minimum atomic E-state index is -4.31. The number of hydrogen-bond donors (Lipinski definition) is 2. The molecule has 1 unspecified atom stereocenters. The maximum Gasteiger partial charge on any atom is 0.416 e. The molecule has 8 heteroatoms. The Kier molecular flexibility index (Phi) is 9.91. The molecule has 1 heterocycles. The maximum absolute atomic E-state index is 12.9. The zero-order chi connectivity index (χ0) is 22.0. The van der Waals surface area contributed by atoms with Crippen LogP contribution in [0.15, 0.2) is 29.3 Å². The van der Waals surface area contributed by atoms with Gasteiger partial charge in [-0.3, -0.25) is 4.99 Å². The smallest absolute Gasteiger partial charge is 0.357 e. The molecule has 2 N–H and O–H groups in total. The van der Waals surface area contributed by atoms with Crippen LogP contribution in [-0.4, -0.2) is 75.2 Å². The lowest BCUT2D eigenvalue weighted by molar-refractivity contribution is -0.137. The molecule has 1 aliphatic rings. The van der Waals surface area contributed by atoms with Crippen molar-refractivity contribution in [2.45, 2.75) is 38.8 Å². The number of alkyl halides is 3. The summed E-state index contributed by atoms with van der Waals surface area (Å²) in [6.45, 7) is 11.5. The van der Waals surface area contributed by atoms with Gasteiger partial charge in [0.05, 0.1) is 5.56 Å². The lowest BCUT2D eigenvalue weighted by atomic mass is 9.96. The van der Waals surface area contributed by atoms with Crippen LogP contribution < -0.4 is 10.6 Å². The molecule has 0 spiro atoms. The van der Waals surface area contributed by atoms with Gasteiger partial charge < -0.3 is 20.4 Å². The summed E-state index contributed by atoms with van der Waals surface area (Å²) in [5.41, 5.74) is 0.106. The number of hydrogen-bond acceptors (Lipinski definition) is 3. The van der Waals surface area contributed by atoms with E-state index in [4.69, 9.17) is 0 Å². The molecule has 1 atom stereocenters. The number of nitrogens with one attached hydrogen (secondary N) is 2. The fourth-order valence-corrected chi connectivity index (χ4v) is 3.56. The second kappa shape index (κ2) is 12.2. The van der Waals surface area contributed by atoms with Crippen LogP contribution in [0.1, 0.15) is 43.7 Å². The first-order chi connectivity index (χ1) is 14.3. The Morgan fingerprint density at radius 3 is 2.70 bits per heavy atom. The van der Waals surface area contributed by atoms with E-state index >= 15 is 0 Å². The lowest BCUT2D eigenvalue weighted by Gasteiger charge is -2.21. The van der Waals surface area contributed by atoms with Crippen molar-refractivity contribution in [3.8, 4) is 0 Å². The van der Waals surface area contributed by atoms with Gasteiger partial charge in [-0.2, -0.15) is 13.2 Å². The molecule has 2 rings (SSSR count). The van der Waals surface area contributed by atoms with Gasteiger partial charge in [0.1, 0.15) is 0 Å². The average molecular weight is 428 g/mol. The normalized spacial score (nSPS) is 18.1. The maximum atomic E-state index is 12.9. The summed E-state index contributed by atoms with van der Waals surface area (Å²) < 4.78 is 38.8. The second-order valence-corrected chi connectivity index (χ2v) is 8.00. The Morgan fingerprint density at radius 1 is 1.17 bits per heavy atom. The Morgan fingerprint density at radius 2 is 1.97 bits per heavy atom. The molecule has 1 aromatic rings. The molecule has 0 aromatic heterocycles. The molecule has 0 saturated carbocycles. The molecular weight excluding hydrogens is 391 g/mol. The zero-order valence-corrected chi connectivity index (χ0v) is 18.4. The highest BCUT2D eigenvalue weighted by atomic mass is 19.4. The van der Waals surface area contributed by atoms with Crippen LogP contribution in [0.3, 0.4) is 0 Å². The van der Waals surface area contributed by atoms with Crippen molar-refractivity contribution < 1.29 is 13.2 Å². The molecule has 0 amide bonds. The van der Waals surface area contributed by atoms with Crippen LogP contribution >= 0.6 is 0 Å². The zero-order valence-electron chi connectivity index (χ0n) is 18.4. The summed E-state index contributed by atoms with van der Waals surface area (Å²) in [4.78, 5) is 9.44. The van der Waals surface area contributed by atoms with Gasteiger partial charge in [-0.25, -0.2) is 0 Å². The van der Waals surface area contributed by atoms with Gasteiger partial charge in [0.15, 0.2) is 5.96 Å².